The van der Waals surface area contributed by atoms with Crippen LogP contribution in [0.15, 0.2) is 30.5 Å². The first kappa shape index (κ1) is 30.8. The number of nitrogens with one attached hydrogen (secondary N) is 1. The molecule has 1 aliphatic rings. The first-order chi connectivity index (χ1) is 19.7. The Morgan fingerprint density at radius 2 is 1.69 bits per heavy atom. The summed E-state index contributed by atoms with van der Waals surface area (Å²) in [6, 6.07) is 5.53. The Labute approximate surface area is 247 Å². The van der Waals surface area contributed by atoms with Gasteiger partial charge in [-0.3, -0.25) is 14.4 Å². The lowest BCUT2D eigenvalue weighted by molar-refractivity contribution is -0.862. The molecule has 0 aliphatic carbocycles. The fourth-order valence-corrected chi connectivity index (χ4v) is 4.87. The Morgan fingerprint density at radius 3 is 2.29 bits per heavy atom. The zero-order chi connectivity index (χ0) is 30.9. The van der Waals surface area contributed by atoms with E-state index in [1.165, 1.54) is 34.8 Å². The molecule has 0 unspecified atom stereocenters. The van der Waals surface area contributed by atoms with E-state index in [9.17, 15) is 23.2 Å². The normalized spacial score (nSPS) is 13.7. The number of carbonyl (C=O) groups excluding carboxylic acids is 3. The molecule has 42 heavy (non-hydrogen) atoms. The summed E-state index contributed by atoms with van der Waals surface area (Å²) in [5.74, 6) is -2.68. The first-order valence-corrected chi connectivity index (χ1v) is 13.6. The van der Waals surface area contributed by atoms with E-state index in [0.29, 0.717) is 42.9 Å². The number of quaternary nitrogens is 1. The fraction of sp³-hybridized carbons (Fsp3) is 0.393. The van der Waals surface area contributed by atoms with Crippen LogP contribution in [-0.2, 0) is 11.8 Å². The standard InChI is InChI=1S/C28H33ClF2N8O3/c1-35(2)25-21(30)14-19(24(31)34-25)22-15-32-26(36(22)3)27(41)33-17-7-8-18(20(29)13-17)28(42)38-11-9-37(10-12-38)23(40)16-39(4,5)6/h7-8,13-15H,9-12,16H2,1-6H3/p+1. The van der Waals surface area contributed by atoms with Crippen LogP contribution < -0.4 is 10.2 Å². The molecule has 224 valence electrons. The van der Waals surface area contributed by atoms with Gasteiger partial charge in [-0.2, -0.15) is 9.37 Å². The van der Waals surface area contributed by atoms with Gasteiger partial charge in [0.25, 0.3) is 17.7 Å². The van der Waals surface area contributed by atoms with E-state index in [0.717, 1.165) is 6.07 Å². The van der Waals surface area contributed by atoms with Crippen LogP contribution in [-0.4, -0.2) is 115 Å². The molecule has 2 aromatic heterocycles. The van der Waals surface area contributed by atoms with Gasteiger partial charge in [-0.25, -0.2) is 9.37 Å². The van der Waals surface area contributed by atoms with Crippen LogP contribution in [0.5, 0.6) is 0 Å². The quantitative estimate of drug-likeness (QED) is 0.329. The van der Waals surface area contributed by atoms with Gasteiger partial charge in [0.15, 0.2) is 24.0 Å². The molecule has 3 amide bonds. The number of anilines is 2. The lowest BCUT2D eigenvalue weighted by Crippen LogP contribution is -2.54. The van der Waals surface area contributed by atoms with Crippen LogP contribution in [0.2, 0.25) is 5.02 Å². The average Bonchev–Trinajstić information content (AvgIpc) is 3.29. The summed E-state index contributed by atoms with van der Waals surface area (Å²) < 4.78 is 31.0. The number of hydrogen-bond acceptors (Lipinski definition) is 6. The van der Waals surface area contributed by atoms with Crippen LogP contribution in [0, 0.1) is 11.8 Å². The van der Waals surface area contributed by atoms with Crippen molar-refractivity contribution in [1.29, 1.82) is 0 Å². The van der Waals surface area contributed by atoms with Crippen molar-refractivity contribution in [3.05, 3.63) is 58.6 Å². The third kappa shape index (κ3) is 6.68. The number of piperazine rings is 1. The summed E-state index contributed by atoms with van der Waals surface area (Å²) in [5, 5.41) is 2.81. The molecule has 1 saturated heterocycles. The second kappa shape index (κ2) is 12.0. The third-order valence-corrected chi connectivity index (χ3v) is 7.10. The Kier molecular flexibility index (Phi) is 8.83. The molecule has 0 saturated carbocycles. The van der Waals surface area contributed by atoms with Gasteiger partial charge in [0.2, 0.25) is 5.95 Å². The number of aromatic nitrogens is 3. The van der Waals surface area contributed by atoms with E-state index in [2.05, 4.69) is 15.3 Å². The van der Waals surface area contributed by atoms with Gasteiger partial charge in [-0.15, -0.1) is 0 Å². The molecular formula is C28H34ClF2N8O3+. The highest BCUT2D eigenvalue weighted by Gasteiger charge is 2.28. The molecule has 1 N–H and O–H groups in total. The van der Waals surface area contributed by atoms with Crippen molar-refractivity contribution < 1.29 is 27.6 Å². The molecule has 0 radical (unpaired) electrons. The minimum atomic E-state index is -0.903. The second-order valence-electron chi connectivity index (χ2n) is 11.3. The van der Waals surface area contributed by atoms with Crippen molar-refractivity contribution in [3.63, 3.8) is 0 Å². The van der Waals surface area contributed by atoms with Crippen LogP contribution in [0.4, 0.5) is 20.3 Å². The summed E-state index contributed by atoms with van der Waals surface area (Å²) in [6.45, 7) is 2.03. The summed E-state index contributed by atoms with van der Waals surface area (Å²) in [7, 11) is 10.4. The third-order valence-electron chi connectivity index (χ3n) is 6.79. The van der Waals surface area contributed by atoms with Crippen molar-refractivity contribution in [2.24, 2.45) is 7.05 Å². The van der Waals surface area contributed by atoms with Gasteiger partial charge in [0, 0.05) is 53.0 Å². The molecule has 14 heteroatoms. The van der Waals surface area contributed by atoms with Crippen molar-refractivity contribution in [3.8, 4) is 11.3 Å². The molecular weight excluding hydrogens is 570 g/mol. The molecule has 0 spiro atoms. The Hall–Kier alpha value is -4.10. The number of carbonyl (C=O) groups is 3. The molecule has 4 rings (SSSR count). The van der Waals surface area contributed by atoms with E-state index in [-0.39, 0.29) is 45.3 Å². The molecule has 11 nitrogen and oxygen atoms in total. The SMILES string of the molecule is CN(C)c1nc(F)c(-c2cnc(C(=O)Nc3ccc(C(=O)N4CCN(C(=O)C[N+](C)(C)C)CC4)c(Cl)c3)n2C)cc1F. The topological polar surface area (TPSA) is 104 Å². The average molecular weight is 604 g/mol. The maximum atomic E-state index is 14.7. The second-order valence-corrected chi connectivity index (χ2v) is 11.7. The molecule has 3 heterocycles. The smallest absolute Gasteiger partial charge is 0.291 e. The summed E-state index contributed by atoms with van der Waals surface area (Å²) in [6.07, 6.45) is 1.26. The highest BCUT2D eigenvalue weighted by atomic mass is 35.5. The molecule has 1 aromatic carbocycles. The highest BCUT2D eigenvalue weighted by Crippen LogP contribution is 2.28. The number of hydrogen-bond donors (Lipinski definition) is 1. The largest absolute Gasteiger partial charge is 0.360 e. The number of nitrogens with zero attached hydrogens (tertiary/aromatic N) is 7. The number of rotatable bonds is 7. The van der Waals surface area contributed by atoms with Gasteiger partial charge in [-0.05, 0) is 24.3 Å². The molecule has 0 atom stereocenters. The molecule has 0 bridgehead atoms. The van der Waals surface area contributed by atoms with Crippen LogP contribution in [0.1, 0.15) is 21.0 Å². The number of imidazole rings is 1. The lowest BCUT2D eigenvalue weighted by atomic mass is 10.1. The summed E-state index contributed by atoms with van der Waals surface area (Å²) >= 11 is 6.43. The molecule has 1 aliphatic heterocycles. The number of pyridine rings is 1. The van der Waals surface area contributed by atoms with Gasteiger partial charge in [0.1, 0.15) is 0 Å². The predicted molar refractivity (Wildman–Crippen MR) is 155 cm³/mol. The van der Waals surface area contributed by atoms with Gasteiger partial charge in [-0.1, -0.05) is 11.6 Å². The van der Waals surface area contributed by atoms with Crippen molar-refractivity contribution in [1.82, 2.24) is 24.3 Å². The van der Waals surface area contributed by atoms with Crippen LogP contribution in [0.3, 0.4) is 0 Å². The Bertz CT molecular complexity index is 1530. The number of likely N-dealkylation sites (N-methyl/N-ethyl adjacent to an activating group) is 1. The maximum absolute atomic E-state index is 14.7. The highest BCUT2D eigenvalue weighted by molar-refractivity contribution is 6.34. The van der Waals surface area contributed by atoms with Gasteiger partial charge < -0.3 is 29.1 Å². The number of amides is 3. The Morgan fingerprint density at radius 1 is 1.05 bits per heavy atom. The summed E-state index contributed by atoms with van der Waals surface area (Å²) in [4.78, 5) is 51.2. The summed E-state index contributed by atoms with van der Waals surface area (Å²) in [5.41, 5.74) is 0.603. The van der Waals surface area contributed by atoms with E-state index in [1.54, 1.807) is 30.0 Å². The van der Waals surface area contributed by atoms with Gasteiger partial charge >= 0.3 is 0 Å². The Balaban J connectivity index is 1.42. The lowest BCUT2D eigenvalue weighted by Gasteiger charge is -2.36. The fourth-order valence-electron chi connectivity index (χ4n) is 4.61. The van der Waals surface area contributed by atoms with Crippen LogP contribution >= 0.6 is 11.6 Å². The zero-order valence-corrected chi connectivity index (χ0v) is 25.2. The first-order valence-electron chi connectivity index (χ1n) is 13.2. The molecule has 3 aromatic rings. The van der Waals surface area contributed by atoms with Crippen molar-refractivity contribution in [2.45, 2.75) is 0 Å². The van der Waals surface area contributed by atoms with E-state index < -0.39 is 17.7 Å². The number of benzene rings is 1. The van der Waals surface area contributed by atoms with Crippen molar-refractivity contribution >= 4 is 40.8 Å². The van der Waals surface area contributed by atoms with Crippen LogP contribution in [0.25, 0.3) is 11.3 Å². The van der Waals surface area contributed by atoms with Gasteiger partial charge in [0.05, 0.1) is 49.2 Å². The maximum Gasteiger partial charge on any atom is 0.291 e. The van der Waals surface area contributed by atoms with E-state index in [4.69, 9.17) is 11.6 Å². The van der Waals surface area contributed by atoms with Crippen molar-refractivity contribution in [2.75, 3.05) is 78.2 Å². The number of halogens is 3. The van der Waals surface area contributed by atoms with E-state index >= 15 is 0 Å². The monoisotopic (exact) mass is 603 g/mol. The predicted octanol–water partition coefficient (Wildman–Crippen LogP) is 2.72. The molecule has 1 fully saturated rings. The minimum Gasteiger partial charge on any atom is -0.360 e. The zero-order valence-electron chi connectivity index (χ0n) is 24.4. The minimum absolute atomic E-state index is 0.0451. The van der Waals surface area contributed by atoms with E-state index in [1.807, 2.05) is 21.1 Å².